The normalized spacial score (nSPS) is 26.1. The van der Waals surface area contributed by atoms with Gasteiger partial charge in [-0.25, -0.2) is 0 Å². The smallest absolute Gasteiger partial charge is 0.0542 e. The van der Waals surface area contributed by atoms with Gasteiger partial charge in [0.05, 0.1) is 6.04 Å². The maximum absolute atomic E-state index is 5.96. The molecular weight excluding hydrogens is 246 g/mol. The average Bonchev–Trinajstić information content (AvgIpc) is 2.50. The fourth-order valence-electron chi connectivity index (χ4n) is 2.71. The number of benzene rings is 1. The largest absolute Gasteiger partial charge is 0.363 e. The van der Waals surface area contributed by atoms with Gasteiger partial charge in [-0.2, -0.15) is 0 Å². The Morgan fingerprint density at radius 2 is 2.00 bits per heavy atom. The lowest BCUT2D eigenvalue weighted by molar-refractivity contribution is 0.332. The summed E-state index contributed by atoms with van der Waals surface area (Å²) in [6.07, 6.45) is 1.16. The molecule has 1 aromatic rings. The zero-order valence-corrected chi connectivity index (χ0v) is 11.9. The molecule has 1 fully saturated rings. The average molecular weight is 268 g/mol. The second kappa shape index (κ2) is 5.91. The summed E-state index contributed by atoms with van der Waals surface area (Å²) in [4.78, 5) is 4.81. The van der Waals surface area contributed by atoms with Crippen molar-refractivity contribution in [2.24, 2.45) is 5.73 Å². The second-order valence-electron chi connectivity index (χ2n) is 5.17. The predicted octanol–water partition coefficient (Wildman–Crippen LogP) is 2.20. The third-order valence-corrected chi connectivity index (χ3v) is 3.97. The maximum atomic E-state index is 5.96. The number of hydrogen-bond acceptors (Lipinski definition) is 3. The topological polar surface area (TPSA) is 32.5 Å². The maximum Gasteiger partial charge on any atom is 0.0542 e. The molecule has 0 radical (unpaired) electrons. The molecule has 1 saturated heterocycles. The van der Waals surface area contributed by atoms with Crippen molar-refractivity contribution in [1.82, 2.24) is 4.90 Å². The zero-order chi connectivity index (χ0) is 13.1. The third kappa shape index (κ3) is 2.97. The molecule has 0 aliphatic carbocycles. The zero-order valence-electron chi connectivity index (χ0n) is 11.1. The van der Waals surface area contributed by atoms with E-state index in [1.54, 1.807) is 0 Å². The van der Waals surface area contributed by atoms with Crippen molar-refractivity contribution in [3.8, 4) is 0 Å². The number of nitrogens with two attached hydrogens (primary N) is 1. The minimum absolute atomic E-state index is 0.369. The Morgan fingerprint density at radius 3 is 2.61 bits per heavy atom. The van der Waals surface area contributed by atoms with Crippen molar-refractivity contribution in [2.45, 2.75) is 25.4 Å². The van der Waals surface area contributed by atoms with Crippen molar-refractivity contribution >= 4 is 17.3 Å². The standard InChI is InChI=1S/C14H22ClN3/c1-11-7-8-17(2)10-14(9-16)18(11)13-5-3-12(15)4-6-13/h3-6,11,14H,7-10,16H2,1-2H3. The number of halogens is 1. The van der Waals surface area contributed by atoms with Crippen molar-refractivity contribution < 1.29 is 0 Å². The first-order valence-corrected chi connectivity index (χ1v) is 6.92. The van der Waals surface area contributed by atoms with Crippen molar-refractivity contribution in [2.75, 3.05) is 31.6 Å². The van der Waals surface area contributed by atoms with E-state index < -0.39 is 0 Å². The van der Waals surface area contributed by atoms with Crippen LogP contribution in [0.5, 0.6) is 0 Å². The molecule has 1 aromatic carbocycles. The first kappa shape index (κ1) is 13.7. The monoisotopic (exact) mass is 267 g/mol. The summed E-state index contributed by atoms with van der Waals surface area (Å²) < 4.78 is 0. The van der Waals surface area contributed by atoms with E-state index in [1.165, 1.54) is 5.69 Å². The van der Waals surface area contributed by atoms with Crippen LogP contribution in [-0.2, 0) is 0 Å². The van der Waals surface area contributed by atoms with Crippen molar-refractivity contribution in [3.05, 3.63) is 29.3 Å². The van der Waals surface area contributed by atoms with Crippen LogP contribution in [0, 0.1) is 0 Å². The SMILES string of the molecule is CC1CCN(C)CC(CN)N1c1ccc(Cl)cc1. The Balaban J connectivity index is 2.28. The lowest BCUT2D eigenvalue weighted by atomic mass is 10.1. The van der Waals surface area contributed by atoms with Gasteiger partial charge in [0.15, 0.2) is 0 Å². The third-order valence-electron chi connectivity index (χ3n) is 3.72. The molecule has 1 heterocycles. The predicted molar refractivity (Wildman–Crippen MR) is 78.3 cm³/mol. The Labute approximate surface area is 115 Å². The van der Waals surface area contributed by atoms with Crippen LogP contribution in [0.4, 0.5) is 5.69 Å². The molecule has 2 unspecified atom stereocenters. The number of rotatable bonds is 2. The molecule has 18 heavy (non-hydrogen) atoms. The van der Waals surface area contributed by atoms with E-state index >= 15 is 0 Å². The molecule has 0 saturated carbocycles. The van der Waals surface area contributed by atoms with E-state index in [0.717, 1.165) is 24.5 Å². The molecule has 0 spiro atoms. The first-order valence-electron chi connectivity index (χ1n) is 6.54. The first-order chi connectivity index (χ1) is 8.61. The van der Waals surface area contributed by atoms with Crippen LogP contribution < -0.4 is 10.6 Å². The van der Waals surface area contributed by atoms with Gasteiger partial charge >= 0.3 is 0 Å². The van der Waals surface area contributed by atoms with Gasteiger partial charge < -0.3 is 15.5 Å². The summed E-state index contributed by atoms with van der Waals surface area (Å²) in [7, 11) is 2.17. The summed E-state index contributed by atoms with van der Waals surface area (Å²) in [6, 6.07) is 8.95. The summed E-state index contributed by atoms with van der Waals surface area (Å²) in [6.45, 7) is 5.10. The number of anilines is 1. The van der Waals surface area contributed by atoms with Crippen LogP contribution in [0.1, 0.15) is 13.3 Å². The molecule has 0 aromatic heterocycles. The summed E-state index contributed by atoms with van der Waals surface area (Å²) >= 11 is 5.96. The fourth-order valence-corrected chi connectivity index (χ4v) is 2.84. The molecule has 2 rings (SSSR count). The van der Waals surface area contributed by atoms with Gasteiger partial charge in [-0.05, 0) is 51.2 Å². The minimum atomic E-state index is 0.369. The summed E-state index contributed by atoms with van der Waals surface area (Å²) in [5.41, 5.74) is 7.18. The van der Waals surface area contributed by atoms with E-state index in [4.69, 9.17) is 17.3 Å². The van der Waals surface area contributed by atoms with Crippen LogP contribution in [0.2, 0.25) is 5.02 Å². The fraction of sp³-hybridized carbons (Fsp3) is 0.571. The number of hydrogen-bond donors (Lipinski definition) is 1. The Kier molecular flexibility index (Phi) is 4.49. The minimum Gasteiger partial charge on any atom is -0.363 e. The van der Waals surface area contributed by atoms with Gasteiger partial charge in [-0.1, -0.05) is 11.6 Å². The van der Waals surface area contributed by atoms with E-state index in [2.05, 4.69) is 35.9 Å². The van der Waals surface area contributed by atoms with E-state index in [9.17, 15) is 0 Å². The molecule has 4 heteroatoms. The Hall–Kier alpha value is -0.770. The van der Waals surface area contributed by atoms with Crippen molar-refractivity contribution in [3.63, 3.8) is 0 Å². The summed E-state index contributed by atoms with van der Waals surface area (Å²) in [5.74, 6) is 0. The quantitative estimate of drug-likeness (QED) is 0.892. The van der Waals surface area contributed by atoms with Crippen molar-refractivity contribution in [1.29, 1.82) is 0 Å². The van der Waals surface area contributed by atoms with Gasteiger partial charge in [0, 0.05) is 29.8 Å². The van der Waals surface area contributed by atoms with Crippen LogP contribution in [0.15, 0.2) is 24.3 Å². The van der Waals surface area contributed by atoms with Crippen LogP contribution in [0.25, 0.3) is 0 Å². The highest BCUT2D eigenvalue weighted by Gasteiger charge is 2.27. The molecule has 0 bridgehead atoms. The van der Waals surface area contributed by atoms with E-state index in [1.807, 2.05) is 12.1 Å². The molecule has 1 aliphatic heterocycles. The lowest BCUT2D eigenvalue weighted by Crippen LogP contribution is -2.48. The molecule has 1 aliphatic rings. The summed E-state index contributed by atoms with van der Waals surface area (Å²) in [5, 5.41) is 0.780. The molecule has 100 valence electrons. The molecule has 3 nitrogen and oxygen atoms in total. The van der Waals surface area contributed by atoms with E-state index in [-0.39, 0.29) is 0 Å². The van der Waals surface area contributed by atoms with Crippen LogP contribution in [-0.4, -0.2) is 43.7 Å². The van der Waals surface area contributed by atoms with Gasteiger partial charge in [-0.3, -0.25) is 0 Å². The lowest BCUT2D eigenvalue weighted by Gasteiger charge is -2.36. The Morgan fingerprint density at radius 1 is 1.33 bits per heavy atom. The second-order valence-corrected chi connectivity index (χ2v) is 5.61. The van der Waals surface area contributed by atoms with Gasteiger partial charge in [0.25, 0.3) is 0 Å². The highest BCUT2D eigenvalue weighted by Crippen LogP contribution is 2.25. The molecule has 2 N–H and O–H groups in total. The van der Waals surface area contributed by atoms with Gasteiger partial charge in [0.1, 0.15) is 0 Å². The number of nitrogens with zero attached hydrogens (tertiary/aromatic N) is 2. The highest BCUT2D eigenvalue weighted by molar-refractivity contribution is 6.30. The number of likely N-dealkylation sites (N-methyl/N-ethyl adjacent to an activating group) is 1. The van der Waals surface area contributed by atoms with E-state index in [0.29, 0.717) is 18.6 Å². The molecule has 2 atom stereocenters. The van der Waals surface area contributed by atoms with Crippen LogP contribution in [0.3, 0.4) is 0 Å². The molecular formula is C14H22ClN3. The highest BCUT2D eigenvalue weighted by atomic mass is 35.5. The Bertz CT molecular complexity index is 379. The van der Waals surface area contributed by atoms with Gasteiger partial charge in [0.2, 0.25) is 0 Å². The molecule has 0 amide bonds. The van der Waals surface area contributed by atoms with Crippen LogP contribution >= 0.6 is 11.6 Å². The van der Waals surface area contributed by atoms with Gasteiger partial charge in [-0.15, -0.1) is 0 Å².